The van der Waals surface area contributed by atoms with E-state index in [2.05, 4.69) is 72.5 Å². The zero-order chi connectivity index (χ0) is 32.1. The van der Waals surface area contributed by atoms with Crippen molar-refractivity contribution < 1.29 is 32.3 Å². The van der Waals surface area contributed by atoms with Gasteiger partial charge in [0.15, 0.2) is 16.6 Å². The molecule has 0 aromatic heterocycles. The van der Waals surface area contributed by atoms with Gasteiger partial charge in [-0.2, -0.15) is 0 Å². The molecule has 0 aromatic carbocycles. The van der Waals surface area contributed by atoms with E-state index in [0.717, 1.165) is 12.8 Å². The molecule has 0 bridgehead atoms. The summed E-state index contributed by atoms with van der Waals surface area (Å²) in [4.78, 5) is 11.4. The highest BCUT2D eigenvalue weighted by molar-refractivity contribution is 6.74. The Kier molecular flexibility index (Phi) is 12.9. The van der Waals surface area contributed by atoms with E-state index < -0.39 is 52.5 Å². The van der Waals surface area contributed by atoms with Crippen LogP contribution >= 0.6 is 0 Å². The molecular weight excluding hydrogens is 571 g/mol. The van der Waals surface area contributed by atoms with Crippen LogP contribution in [0.3, 0.4) is 0 Å². The average molecular weight is 631 g/mol. The largest absolute Gasteiger partial charge is 0.469 e. The van der Waals surface area contributed by atoms with Crippen LogP contribution in [0.1, 0.15) is 92.9 Å². The minimum atomic E-state index is -2.31. The van der Waals surface area contributed by atoms with E-state index in [4.69, 9.17) is 8.85 Å². The lowest BCUT2D eigenvalue weighted by Crippen LogP contribution is -2.49. The van der Waals surface area contributed by atoms with Gasteiger partial charge >= 0.3 is 5.97 Å². The van der Waals surface area contributed by atoms with Crippen molar-refractivity contribution in [3.8, 4) is 0 Å². The summed E-state index contributed by atoms with van der Waals surface area (Å²) >= 11 is 0. The van der Waals surface area contributed by atoms with Gasteiger partial charge in [-0.25, -0.2) is 8.78 Å². The number of ether oxygens (including phenoxy) is 1. The van der Waals surface area contributed by atoms with Crippen LogP contribution in [0.15, 0.2) is 24.3 Å². The number of carbonyl (C=O) groups is 1. The van der Waals surface area contributed by atoms with Crippen LogP contribution < -0.4 is 0 Å². The molecule has 2 aliphatic rings. The minimum absolute atomic E-state index is 0.0558. The van der Waals surface area contributed by atoms with Crippen LogP contribution in [0.2, 0.25) is 36.3 Å². The highest BCUT2D eigenvalue weighted by Gasteiger charge is 2.51. The molecule has 1 N–H and O–H groups in total. The van der Waals surface area contributed by atoms with Crippen LogP contribution in [-0.4, -0.2) is 65.0 Å². The highest BCUT2D eigenvalue weighted by Crippen LogP contribution is 2.47. The van der Waals surface area contributed by atoms with Crippen molar-refractivity contribution in [2.24, 2.45) is 11.8 Å². The Bertz CT molecular complexity index is 932. The van der Waals surface area contributed by atoms with Gasteiger partial charge in [-0.15, -0.1) is 0 Å². The first-order valence-electron chi connectivity index (χ1n) is 15.9. The van der Waals surface area contributed by atoms with Gasteiger partial charge in [0.25, 0.3) is 0 Å². The van der Waals surface area contributed by atoms with Crippen molar-refractivity contribution in [1.29, 1.82) is 0 Å². The van der Waals surface area contributed by atoms with Gasteiger partial charge in [0, 0.05) is 18.3 Å². The Hall–Kier alpha value is -0.876. The summed E-state index contributed by atoms with van der Waals surface area (Å²) in [5, 5.41) is 11.1. The second-order valence-electron chi connectivity index (χ2n) is 15.6. The van der Waals surface area contributed by atoms with E-state index in [1.807, 2.05) is 12.2 Å². The molecule has 0 heterocycles. The van der Waals surface area contributed by atoms with Gasteiger partial charge < -0.3 is 18.7 Å². The minimum Gasteiger partial charge on any atom is -0.469 e. The van der Waals surface area contributed by atoms with E-state index in [9.17, 15) is 9.90 Å². The average Bonchev–Trinajstić information content (AvgIpc) is 3.42. The number of hydrogen-bond acceptors (Lipinski definition) is 5. The van der Waals surface area contributed by atoms with Crippen LogP contribution in [0.25, 0.3) is 0 Å². The maximum absolute atomic E-state index is 16.4. The Morgan fingerprint density at radius 1 is 1.02 bits per heavy atom. The monoisotopic (exact) mass is 630 g/mol. The van der Waals surface area contributed by atoms with Crippen molar-refractivity contribution in [2.45, 2.75) is 159 Å². The third kappa shape index (κ3) is 9.56. The SMILES string of the molecule is COC(=O)CCCC=CC(F)[C@H]1[C@@H](/C=C/C(O[Si](C)(C)C(C)(C)C)C2(F)CCCC2)[C@H](O[Si](C)(C)C(C)(C)C)C[C@@H]1O. The predicted octanol–water partition coefficient (Wildman–Crippen LogP) is 8.84. The Morgan fingerprint density at radius 3 is 2.12 bits per heavy atom. The predicted molar refractivity (Wildman–Crippen MR) is 173 cm³/mol. The number of allylic oxidation sites excluding steroid dienone is 2. The molecule has 2 fully saturated rings. The molecule has 0 radical (unpaired) electrons. The van der Waals surface area contributed by atoms with Crippen molar-refractivity contribution >= 4 is 22.6 Å². The summed E-state index contributed by atoms with van der Waals surface area (Å²) in [5.41, 5.74) is -1.46. The molecule has 0 aliphatic heterocycles. The molecule has 2 aliphatic carbocycles. The zero-order valence-corrected chi connectivity index (χ0v) is 30.3. The molecule has 244 valence electrons. The van der Waals surface area contributed by atoms with Gasteiger partial charge in [-0.3, -0.25) is 4.79 Å². The lowest BCUT2D eigenvalue weighted by atomic mass is 9.87. The Balaban J connectivity index is 2.42. The summed E-state index contributed by atoms with van der Waals surface area (Å²) in [5.74, 6) is -1.44. The van der Waals surface area contributed by atoms with Gasteiger partial charge in [0.2, 0.25) is 0 Å². The molecule has 42 heavy (non-hydrogen) atoms. The summed E-state index contributed by atoms with van der Waals surface area (Å²) in [6.07, 6.45) is 7.87. The molecule has 0 amide bonds. The zero-order valence-electron chi connectivity index (χ0n) is 28.3. The summed E-state index contributed by atoms with van der Waals surface area (Å²) in [7, 11) is -3.20. The van der Waals surface area contributed by atoms with Crippen LogP contribution in [0.4, 0.5) is 8.78 Å². The number of carbonyl (C=O) groups excluding carboxylic acids is 1. The molecule has 6 atom stereocenters. The van der Waals surface area contributed by atoms with Crippen molar-refractivity contribution in [1.82, 2.24) is 0 Å². The number of unbranched alkanes of at least 4 members (excludes halogenated alkanes) is 1. The van der Waals surface area contributed by atoms with E-state index in [1.54, 1.807) is 6.08 Å². The normalized spacial score (nSPS) is 27.2. The molecule has 0 spiro atoms. The molecule has 2 rings (SSSR count). The molecule has 0 saturated heterocycles. The van der Waals surface area contributed by atoms with Gasteiger partial charge in [-0.1, -0.05) is 78.7 Å². The number of methoxy groups -OCH3 is 1. The first-order chi connectivity index (χ1) is 19.1. The van der Waals surface area contributed by atoms with Crippen molar-refractivity contribution in [3.63, 3.8) is 0 Å². The number of alkyl halides is 2. The Morgan fingerprint density at radius 2 is 1.60 bits per heavy atom. The molecular formula is C33H60F2O5Si2. The van der Waals surface area contributed by atoms with Crippen LogP contribution in [-0.2, 0) is 18.4 Å². The standard InChI is InChI=1S/C33H60F2O5Si2/c1-31(2,3)41(8,9)39-27-23-26(36)30(25(34)17-13-12-14-18-29(37)38-7)24(27)19-20-28(33(35)21-15-16-22-33)40-42(10,11)32(4,5)6/h13,17,19-20,24-28,30,36H,12,14-16,18,21-23H2,1-11H3/b17-13?,20-19+/t24-,25?,26-,27+,28?,30+/m0/s1. The fraction of sp³-hybridized carbons (Fsp3) is 0.848. The quantitative estimate of drug-likeness (QED) is 0.0953. The first kappa shape index (κ1) is 37.3. The highest BCUT2D eigenvalue weighted by atomic mass is 28.4. The number of rotatable bonds is 13. The number of hydrogen-bond donors (Lipinski definition) is 1. The topological polar surface area (TPSA) is 65.0 Å². The van der Waals surface area contributed by atoms with Crippen molar-refractivity contribution in [3.05, 3.63) is 24.3 Å². The van der Waals surface area contributed by atoms with E-state index in [1.165, 1.54) is 13.2 Å². The van der Waals surface area contributed by atoms with E-state index >= 15 is 8.78 Å². The van der Waals surface area contributed by atoms with Gasteiger partial charge in [-0.05, 0) is 68.4 Å². The third-order valence-electron chi connectivity index (χ3n) is 10.4. The second kappa shape index (κ2) is 14.5. The second-order valence-corrected chi connectivity index (χ2v) is 25.2. The summed E-state index contributed by atoms with van der Waals surface area (Å²) in [6.45, 7) is 21.6. The maximum Gasteiger partial charge on any atom is 0.305 e. The summed E-state index contributed by atoms with van der Waals surface area (Å²) < 4.78 is 50.5. The lowest BCUT2D eigenvalue weighted by Gasteiger charge is -2.42. The van der Waals surface area contributed by atoms with Gasteiger partial charge in [0.05, 0.1) is 25.4 Å². The molecule has 0 aromatic rings. The van der Waals surface area contributed by atoms with E-state index in [0.29, 0.717) is 32.1 Å². The molecule has 2 saturated carbocycles. The smallest absolute Gasteiger partial charge is 0.305 e. The number of esters is 1. The number of aliphatic hydroxyl groups is 1. The first-order valence-corrected chi connectivity index (χ1v) is 21.8. The Labute approximate surface area is 257 Å². The summed E-state index contributed by atoms with van der Waals surface area (Å²) in [6, 6.07) is 0. The van der Waals surface area contributed by atoms with Crippen LogP contribution in [0.5, 0.6) is 0 Å². The van der Waals surface area contributed by atoms with Crippen LogP contribution in [0, 0.1) is 11.8 Å². The molecule has 5 nitrogen and oxygen atoms in total. The lowest BCUT2D eigenvalue weighted by molar-refractivity contribution is -0.140. The van der Waals surface area contributed by atoms with E-state index in [-0.39, 0.29) is 28.6 Å². The number of aliphatic hydroxyl groups excluding tert-OH is 1. The number of halogens is 2. The van der Waals surface area contributed by atoms with Crippen molar-refractivity contribution in [2.75, 3.05) is 7.11 Å². The molecule has 2 unspecified atom stereocenters. The fourth-order valence-electron chi connectivity index (χ4n) is 5.52. The molecule has 9 heteroatoms. The maximum atomic E-state index is 16.4. The fourth-order valence-corrected chi connectivity index (χ4v) is 8.17. The van der Waals surface area contributed by atoms with Gasteiger partial charge in [0.1, 0.15) is 11.8 Å². The third-order valence-corrected chi connectivity index (χ3v) is 19.4.